The molecule has 0 aliphatic heterocycles. The summed E-state index contributed by atoms with van der Waals surface area (Å²) in [5.74, 6) is 0.657. The lowest BCUT2D eigenvalue weighted by atomic mass is 10.0. The van der Waals surface area contributed by atoms with Crippen molar-refractivity contribution in [3.63, 3.8) is 0 Å². The summed E-state index contributed by atoms with van der Waals surface area (Å²) in [6.07, 6.45) is 2.14. The summed E-state index contributed by atoms with van der Waals surface area (Å²) in [6.45, 7) is 13.1. The average Bonchev–Trinajstić information content (AvgIpc) is 2.68. The van der Waals surface area contributed by atoms with Gasteiger partial charge in [0.1, 0.15) is 0 Å². The third-order valence-corrected chi connectivity index (χ3v) is 3.01. The third-order valence-electron chi connectivity index (χ3n) is 3.01. The van der Waals surface area contributed by atoms with Gasteiger partial charge < -0.3 is 5.32 Å². The molecule has 1 unspecified atom stereocenters. The van der Waals surface area contributed by atoms with E-state index in [4.69, 9.17) is 0 Å². The van der Waals surface area contributed by atoms with E-state index in [1.807, 2.05) is 0 Å². The Hall–Kier alpha value is -0.830. The SMILES string of the molecule is CCc1cc(CC(C)CNC(C)C)n(CC)n1. The summed E-state index contributed by atoms with van der Waals surface area (Å²) in [4.78, 5) is 0. The van der Waals surface area contributed by atoms with Crippen molar-refractivity contribution in [1.29, 1.82) is 0 Å². The summed E-state index contributed by atoms with van der Waals surface area (Å²) in [5.41, 5.74) is 2.59. The van der Waals surface area contributed by atoms with E-state index in [9.17, 15) is 0 Å². The Labute approximate surface area is 106 Å². The third kappa shape index (κ3) is 4.50. The molecule has 0 aliphatic carbocycles. The van der Waals surface area contributed by atoms with Crippen LogP contribution in [0.5, 0.6) is 0 Å². The van der Waals surface area contributed by atoms with Crippen LogP contribution in [0.15, 0.2) is 6.07 Å². The van der Waals surface area contributed by atoms with Gasteiger partial charge in [0.25, 0.3) is 0 Å². The van der Waals surface area contributed by atoms with Crippen molar-refractivity contribution in [2.75, 3.05) is 6.54 Å². The summed E-state index contributed by atoms with van der Waals surface area (Å²) in [6, 6.07) is 2.83. The molecule has 1 rings (SSSR count). The van der Waals surface area contributed by atoms with E-state index < -0.39 is 0 Å². The number of rotatable bonds is 7. The highest BCUT2D eigenvalue weighted by molar-refractivity contribution is 5.11. The Morgan fingerprint density at radius 3 is 2.53 bits per heavy atom. The molecule has 3 nitrogen and oxygen atoms in total. The van der Waals surface area contributed by atoms with E-state index in [1.54, 1.807) is 0 Å². The Bertz CT molecular complexity index is 328. The van der Waals surface area contributed by atoms with Gasteiger partial charge in [-0.1, -0.05) is 27.7 Å². The van der Waals surface area contributed by atoms with Crippen LogP contribution in [-0.4, -0.2) is 22.4 Å². The maximum Gasteiger partial charge on any atom is 0.0624 e. The Balaban J connectivity index is 2.57. The molecular formula is C14H27N3. The van der Waals surface area contributed by atoms with Gasteiger partial charge in [0.2, 0.25) is 0 Å². The minimum atomic E-state index is 0.569. The molecule has 1 aromatic heterocycles. The first kappa shape index (κ1) is 14.2. The van der Waals surface area contributed by atoms with Crippen LogP contribution >= 0.6 is 0 Å². The zero-order valence-corrected chi connectivity index (χ0v) is 12.0. The molecule has 17 heavy (non-hydrogen) atoms. The van der Waals surface area contributed by atoms with Crippen LogP contribution in [0.4, 0.5) is 0 Å². The van der Waals surface area contributed by atoms with Crippen LogP contribution < -0.4 is 5.32 Å². The Kier molecular flexibility index (Phi) is 5.69. The molecule has 0 bridgehead atoms. The minimum Gasteiger partial charge on any atom is -0.314 e. The standard InChI is InChI=1S/C14H27N3/c1-6-13-9-14(17(7-2)16-13)8-12(5)10-15-11(3)4/h9,11-12,15H,6-8,10H2,1-5H3. The van der Waals surface area contributed by atoms with Crippen LogP contribution in [0.3, 0.4) is 0 Å². The van der Waals surface area contributed by atoms with E-state index in [0.29, 0.717) is 12.0 Å². The van der Waals surface area contributed by atoms with E-state index in [0.717, 1.165) is 25.9 Å². The summed E-state index contributed by atoms with van der Waals surface area (Å²) in [5, 5.41) is 8.09. The van der Waals surface area contributed by atoms with Crippen LogP contribution in [-0.2, 0) is 19.4 Å². The Morgan fingerprint density at radius 2 is 2.00 bits per heavy atom. The molecule has 1 aromatic rings. The topological polar surface area (TPSA) is 29.9 Å². The highest BCUT2D eigenvalue weighted by atomic mass is 15.3. The van der Waals surface area contributed by atoms with E-state index in [2.05, 4.69) is 55.8 Å². The predicted octanol–water partition coefficient (Wildman–Crippen LogP) is 2.64. The number of aryl methyl sites for hydroxylation is 2. The normalized spacial score (nSPS) is 13.3. The fourth-order valence-corrected chi connectivity index (χ4v) is 1.99. The van der Waals surface area contributed by atoms with Crippen molar-refractivity contribution in [3.8, 4) is 0 Å². The maximum absolute atomic E-state index is 4.59. The number of nitrogens with zero attached hydrogens (tertiary/aromatic N) is 2. The van der Waals surface area contributed by atoms with E-state index in [1.165, 1.54) is 11.4 Å². The number of nitrogens with one attached hydrogen (secondary N) is 1. The lowest BCUT2D eigenvalue weighted by Crippen LogP contribution is -2.29. The van der Waals surface area contributed by atoms with Gasteiger partial charge >= 0.3 is 0 Å². The van der Waals surface area contributed by atoms with Gasteiger partial charge in [-0.15, -0.1) is 0 Å². The molecule has 0 saturated heterocycles. The summed E-state index contributed by atoms with van der Waals surface area (Å²) >= 11 is 0. The monoisotopic (exact) mass is 237 g/mol. The van der Waals surface area contributed by atoms with Crippen molar-refractivity contribution in [2.24, 2.45) is 5.92 Å². The number of aromatic nitrogens is 2. The van der Waals surface area contributed by atoms with Gasteiger partial charge in [0.15, 0.2) is 0 Å². The first-order valence-electron chi connectivity index (χ1n) is 6.85. The van der Waals surface area contributed by atoms with Gasteiger partial charge in [0.05, 0.1) is 5.69 Å². The molecule has 0 radical (unpaired) electrons. The Morgan fingerprint density at radius 1 is 1.29 bits per heavy atom. The highest BCUT2D eigenvalue weighted by Gasteiger charge is 2.10. The minimum absolute atomic E-state index is 0.569. The quantitative estimate of drug-likeness (QED) is 0.790. The maximum atomic E-state index is 4.59. The summed E-state index contributed by atoms with van der Waals surface area (Å²) in [7, 11) is 0. The van der Waals surface area contributed by atoms with Crippen LogP contribution in [0.1, 0.15) is 46.0 Å². The lowest BCUT2D eigenvalue weighted by Gasteiger charge is -2.15. The lowest BCUT2D eigenvalue weighted by molar-refractivity contribution is 0.460. The van der Waals surface area contributed by atoms with Crippen molar-refractivity contribution < 1.29 is 0 Å². The molecule has 0 aromatic carbocycles. The highest BCUT2D eigenvalue weighted by Crippen LogP contribution is 2.11. The van der Waals surface area contributed by atoms with Gasteiger partial charge in [-0.05, 0) is 38.3 Å². The molecule has 1 N–H and O–H groups in total. The predicted molar refractivity (Wildman–Crippen MR) is 73.3 cm³/mol. The molecule has 98 valence electrons. The van der Waals surface area contributed by atoms with E-state index in [-0.39, 0.29) is 0 Å². The molecule has 0 amide bonds. The fraction of sp³-hybridized carbons (Fsp3) is 0.786. The second-order valence-corrected chi connectivity index (χ2v) is 5.17. The van der Waals surface area contributed by atoms with Crippen LogP contribution in [0, 0.1) is 5.92 Å². The molecule has 0 saturated carbocycles. The van der Waals surface area contributed by atoms with Crippen LogP contribution in [0.25, 0.3) is 0 Å². The average molecular weight is 237 g/mol. The molecule has 0 spiro atoms. The zero-order valence-electron chi connectivity index (χ0n) is 12.0. The first-order valence-corrected chi connectivity index (χ1v) is 6.85. The van der Waals surface area contributed by atoms with Crippen molar-refractivity contribution in [1.82, 2.24) is 15.1 Å². The van der Waals surface area contributed by atoms with Crippen molar-refractivity contribution in [2.45, 2.75) is 60.0 Å². The molecule has 1 atom stereocenters. The molecule has 0 aliphatic rings. The number of hydrogen-bond donors (Lipinski definition) is 1. The molecule has 0 fully saturated rings. The first-order chi connectivity index (χ1) is 8.06. The van der Waals surface area contributed by atoms with Gasteiger partial charge in [-0.25, -0.2) is 0 Å². The molecule has 1 heterocycles. The molecular weight excluding hydrogens is 210 g/mol. The van der Waals surface area contributed by atoms with Gasteiger partial charge in [-0.3, -0.25) is 4.68 Å². The molecule has 3 heteroatoms. The zero-order chi connectivity index (χ0) is 12.8. The van der Waals surface area contributed by atoms with E-state index >= 15 is 0 Å². The van der Waals surface area contributed by atoms with Crippen LogP contribution in [0.2, 0.25) is 0 Å². The second kappa shape index (κ2) is 6.80. The van der Waals surface area contributed by atoms with Gasteiger partial charge in [-0.2, -0.15) is 5.10 Å². The second-order valence-electron chi connectivity index (χ2n) is 5.17. The smallest absolute Gasteiger partial charge is 0.0624 e. The fourth-order valence-electron chi connectivity index (χ4n) is 1.99. The summed E-state index contributed by atoms with van der Waals surface area (Å²) < 4.78 is 2.14. The van der Waals surface area contributed by atoms with Crippen molar-refractivity contribution in [3.05, 3.63) is 17.5 Å². The van der Waals surface area contributed by atoms with Gasteiger partial charge in [0, 0.05) is 18.3 Å². The number of hydrogen-bond acceptors (Lipinski definition) is 2. The largest absolute Gasteiger partial charge is 0.314 e. The van der Waals surface area contributed by atoms with Crippen molar-refractivity contribution >= 4 is 0 Å².